The summed E-state index contributed by atoms with van der Waals surface area (Å²) in [5.41, 5.74) is 2.19. The molecule has 0 radical (unpaired) electrons. The molecule has 48 heavy (non-hydrogen) atoms. The van der Waals surface area contributed by atoms with Crippen LogP contribution < -0.4 is 15.0 Å². The van der Waals surface area contributed by atoms with Gasteiger partial charge in [0.25, 0.3) is 0 Å². The van der Waals surface area contributed by atoms with E-state index in [0.717, 1.165) is 71.6 Å². The predicted octanol–water partition coefficient (Wildman–Crippen LogP) is 5.92. The van der Waals surface area contributed by atoms with Crippen molar-refractivity contribution in [1.29, 1.82) is 0 Å². The van der Waals surface area contributed by atoms with Gasteiger partial charge in [0.05, 0.1) is 30.4 Å². The fourth-order valence-electron chi connectivity index (χ4n) is 8.82. The number of anilines is 1. The molecule has 2 bridgehead atoms. The number of aryl methyl sites for hydroxylation is 1. The van der Waals surface area contributed by atoms with Gasteiger partial charge in [0.15, 0.2) is 5.82 Å². The molecule has 3 aromatic carbocycles. The van der Waals surface area contributed by atoms with Crippen molar-refractivity contribution in [2.24, 2.45) is 17.3 Å². The van der Waals surface area contributed by atoms with Crippen molar-refractivity contribution < 1.29 is 19.0 Å². The van der Waals surface area contributed by atoms with Gasteiger partial charge in [-0.25, -0.2) is 4.39 Å². The Kier molecular flexibility index (Phi) is 7.25. The highest BCUT2D eigenvalue weighted by molar-refractivity contribution is 6.33. The summed E-state index contributed by atoms with van der Waals surface area (Å²) in [5, 5.41) is 16.8. The zero-order valence-electron chi connectivity index (χ0n) is 27.1. The van der Waals surface area contributed by atoms with Gasteiger partial charge < -0.3 is 29.7 Å². The molecule has 0 spiro atoms. The summed E-state index contributed by atoms with van der Waals surface area (Å²) in [6.07, 6.45) is 10.3. The number of likely N-dealkylation sites (tertiary alicyclic amines) is 1. The maximum Gasteiger partial charge on any atom is 0.319 e. The van der Waals surface area contributed by atoms with Crippen molar-refractivity contribution >= 4 is 39.1 Å². The summed E-state index contributed by atoms with van der Waals surface area (Å²) in [6, 6.07) is 9.56. The third-order valence-electron chi connectivity index (χ3n) is 11.4. The largest absolute Gasteiger partial charge is 0.508 e. The summed E-state index contributed by atoms with van der Waals surface area (Å²) in [7, 11) is 0. The quantitative estimate of drug-likeness (QED) is 0.235. The summed E-state index contributed by atoms with van der Waals surface area (Å²) in [5.74, 6) is 4.17. The van der Waals surface area contributed by atoms with E-state index in [-0.39, 0.29) is 22.7 Å². The fourth-order valence-corrected chi connectivity index (χ4v) is 9.03. The fraction of sp³-hybridized carbons (Fsp3) is 0.474. The highest BCUT2D eigenvalue weighted by Crippen LogP contribution is 2.48. The minimum absolute atomic E-state index is 0.00858. The number of aromatic hydroxyl groups is 1. The monoisotopic (exact) mass is 667 g/mol. The molecule has 4 unspecified atom stereocenters. The first-order valence-corrected chi connectivity index (χ1v) is 17.5. The van der Waals surface area contributed by atoms with E-state index < -0.39 is 5.82 Å². The highest BCUT2D eigenvalue weighted by atomic mass is 35.5. The van der Waals surface area contributed by atoms with E-state index in [1.807, 2.05) is 13.0 Å². The number of hydrogen-bond donors (Lipinski definition) is 2. The second kappa shape index (κ2) is 11.4. The van der Waals surface area contributed by atoms with Gasteiger partial charge in [-0.3, -0.25) is 0 Å². The van der Waals surface area contributed by atoms with Gasteiger partial charge in [-0.15, -0.1) is 6.42 Å². The third kappa shape index (κ3) is 5.16. The van der Waals surface area contributed by atoms with Crippen molar-refractivity contribution in [2.75, 3.05) is 57.4 Å². The number of benzene rings is 3. The van der Waals surface area contributed by atoms with E-state index in [1.54, 1.807) is 24.3 Å². The molecule has 1 aromatic heterocycles. The average Bonchev–Trinajstić information content (AvgIpc) is 3.31. The lowest BCUT2D eigenvalue weighted by molar-refractivity contribution is 0.131. The molecular weight excluding hydrogens is 629 g/mol. The smallest absolute Gasteiger partial charge is 0.319 e. The van der Waals surface area contributed by atoms with Crippen LogP contribution in [0.15, 0.2) is 30.3 Å². The number of piperazine rings is 1. The van der Waals surface area contributed by atoms with Crippen LogP contribution in [-0.2, 0) is 4.74 Å². The number of nitrogens with zero attached hydrogens (tertiary/aromatic N) is 4. The number of phenolic OH excluding ortho intramolecular Hbond substituents is 1. The molecule has 4 aliphatic heterocycles. The van der Waals surface area contributed by atoms with Crippen LogP contribution in [0, 0.1) is 42.3 Å². The van der Waals surface area contributed by atoms with Gasteiger partial charge in [0, 0.05) is 78.4 Å². The van der Waals surface area contributed by atoms with E-state index in [0.29, 0.717) is 79.8 Å². The topological polar surface area (TPSA) is 83.0 Å². The van der Waals surface area contributed by atoms with Gasteiger partial charge in [0.2, 0.25) is 0 Å². The van der Waals surface area contributed by atoms with Gasteiger partial charge >= 0.3 is 6.01 Å². The first-order valence-electron chi connectivity index (χ1n) is 17.1. The molecule has 4 aromatic rings. The normalized spacial score (nSPS) is 25.9. The molecule has 5 heterocycles. The zero-order valence-corrected chi connectivity index (χ0v) is 27.8. The lowest BCUT2D eigenvalue weighted by Crippen LogP contribution is -2.51. The molecule has 5 aliphatic rings. The molecule has 0 amide bonds. The number of fused-ring (bicyclic) bond motifs is 5. The first kappa shape index (κ1) is 30.4. The van der Waals surface area contributed by atoms with Crippen molar-refractivity contribution in [3.8, 4) is 35.2 Å². The molecule has 2 N–H and O–H groups in total. The van der Waals surface area contributed by atoms with E-state index in [2.05, 4.69) is 21.0 Å². The highest BCUT2D eigenvalue weighted by Gasteiger charge is 2.48. The van der Waals surface area contributed by atoms with Crippen LogP contribution in [-0.4, -0.2) is 84.6 Å². The standard InChI is InChI=1S/C38H39ClFN5O3/c1-3-28-31(39)7-4-22-11-27(46)12-29(33(22)28)32-21(2)10-30-35(34(32)40)42-37(43-36(30)45-15-25-5-6-26(16-45)41-25)48-20-38(8-9-38)19-44-13-23-17-47-18-24(23)14-44/h1,4,7,10-12,23-26,41,46H,5-6,8-9,13-20H2,2H3. The number of aromatic nitrogens is 2. The lowest BCUT2D eigenvalue weighted by Gasteiger charge is -2.34. The minimum Gasteiger partial charge on any atom is -0.508 e. The Labute approximate surface area is 284 Å². The Morgan fingerprint density at radius 2 is 1.85 bits per heavy atom. The van der Waals surface area contributed by atoms with Gasteiger partial charge in [-0.1, -0.05) is 23.6 Å². The first-order chi connectivity index (χ1) is 23.3. The molecule has 10 heteroatoms. The number of phenols is 1. The number of halogens is 2. The SMILES string of the molecule is C#Cc1c(Cl)ccc2cc(O)cc(-c3c(C)cc4c(N5CC6CCC(C5)N6)nc(OCC5(CN6CC7COCC7C6)CC5)nc4c3F)c12. The molecule has 5 fully saturated rings. The Balaban J connectivity index is 1.13. The van der Waals surface area contributed by atoms with Crippen LogP contribution in [0.1, 0.15) is 36.8 Å². The number of rotatable bonds is 7. The Bertz CT molecular complexity index is 1990. The maximum absolute atomic E-state index is 17.2. The second-order valence-electron chi connectivity index (χ2n) is 14.8. The van der Waals surface area contributed by atoms with E-state index in [9.17, 15) is 5.11 Å². The summed E-state index contributed by atoms with van der Waals surface area (Å²) in [4.78, 5) is 14.6. The molecule has 4 saturated heterocycles. The predicted molar refractivity (Wildman–Crippen MR) is 185 cm³/mol. The summed E-state index contributed by atoms with van der Waals surface area (Å²) in [6.45, 7) is 8.84. The number of hydrogen-bond acceptors (Lipinski definition) is 8. The molecule has 248 valence electrons. The van der Waals surface area contributed by atoms with Crippen LogP contribution in [0.2, 0.25) is 5.02 Å². The number of ether oxygens (including phenoxy) is 2. The molecule has 8 nitrogen and oxygen atoms in total. The maximum atomic E-state index is 17.2. The van der Waals surface area contributed by atoms with Gasteiger partial charge in [-0.05, 0) is 73.4 Å². The van der Waals surface area contributed by atoms with Gasteiger partial charge in [0.1, 0.15) is 17.1 Å². The average molecular weight is 668 g/mol. The molecular formula is C38H39ClFN5O3. The Hall–Kier alpha value is -3.68. The van der Waals surface area contributed by atoms with Crippen LogP contribution in [0.25, 0.3) is 32.8 Å². The van der Waals surface area contributed by atoms with Crippen molar-refractivity contribution in [3.05, 3.63) is 52.3 Å². The van der Waals surface area contributed by atoms with Crippen LogP contribution >= 0.6 is 11.6 Å². The Morgan fingerprint density at radius 3 is 2.56 bits per heavy atom. The third-order valence-corrected chi connectivity index (χ3v) is 11.7. The molecule has 1 aliphatic carbocycles. The van der Waals surface area contributed by atoms with E-state index in [4.69, 9.17) is 37.5 Å². The Morgan fingerprint density at radius 1 is 1.10 bits per heavy atom. The van der Waals surface area contributed by atoms with Crippen LogP contribution in [0.4, 0.5) is 10.2 Å². The number of terminal acetylenes is 1. The second-order valence-corrected chi connectivity index (χ2v) is 15.3. The van der Waals surface area contributed by atoms with Crippen molar-refractivity contribution in [1.82, 2.24) is 20.2 Å². The molecule has 9 rings (SSSR count). The lowest BCUT2D eigenvalue weighted by atomic mass is 9.90. The minimum atomic E-state index is -0.501. The van der Waals surface area contributed by atoms with Crippen molar-refractivity contribution in [2.45, 2.75) is 44.7 Å². The van der Waals surface area contributed by atoms with E-state index >= 15 is 4.39 Å². The van der Waals surface area contributed by atoms with E-state index in [1.165, 1.54) is 0 Å². The molecule has 1 saturated carbocycles. The van der Waals surface area contributed by atoms with Crippen LogP contribution in [0.5, 0.6) is 11.8 Å². The van der Waals surface area contributed by atoms with Crippen molar-refractivity contribution in [3.63, 3.8) is 0 Å². The van der Waals surface area contributed by atoms with Gasteiger partial charge in [-0.2, -0.15) is 9.97 Å². The summed E-state index contributed by atoms with van der Waals surface area (Å²) >= 11 is 6.53. The number of nitrogens with one attached hydrogen (secondary N) is 1. The summed E-state index contributed by atoms with van der Waals surface area (Å²) < 4.78 is 29.4. The molecule has 4 atom stereocenters. The zero-order chi connectivity index (χ0) is 32.7. The van der Waals surface area contributed by atoms with Crippen LogP contribution in [0.3, 0.4) is 0 Å².